The number of amides is 1. The fourth-order valence-electron chi connectivity index (χ4n) is 2.40. The van der Waals surface area contributed by atoms with Gasteiger partial charge in [0.2, 0.25) is 5.91 Å². The summed E-state index contributed by atoms with van der Waals surface area (Å²) >= 11 is 1.41. The molecule has 4 rings (SSSR count). The molecule has 2 aromatic carbocycles. The molecule has 0 aliphatic carbocycles. The Morgan fingerprint density at radius 3 is 2.67 bits per heavy atom. The van der Waals surface area contributed by atoms with Gasteiger partial charge in [0.15, 0.2) is 16.6 Å². The highest BCUT2D eigenvalue weighted by molar-refractivity contribution is 7.22. The van der Waals surface area contributed by atoms with E-state index in [2.05, 4.69) is 10.3 Å². The number of carbonyl (C=O) groups is 1. The molecule has 120 valence electrons. The minimum atomic E-state index is -0.213. The van der Waals surface area contributed by atoms with Gasteiger partial charge in [0.25, 0.3) is 0 Å². The fraction of sp³-hybridized carbons (Fsp3) is 0.111. The van der Waals surface area contributed by atoms with E-state index in [1.165, 1.54) is 17.4 Å². The lowest BCUT2D eigenvalue weighted by Gasteiger charge is -2.17. The summed E-state index contributed by atoms with van der Waals surface area (Å²) in [5.74, 6) is 1.20. The Morgan fingerprint density at radius 2 is 1.88 bits per heavy atom. The van der Waals surface area contributed by atoms with Crippen molar-refractivity contribution in [2.75, 3.05) is 18.5 Å². The van der Waals surface area contributed by atoms with E-state index in [1.54, 1.807) is 6.08 Å². The van der Waals surface area contributed by atoms with Gasteiger partial charge in [-0.05, 0) is 11.6 Å². The summed E-state index contributed by atoms with van der Waals surface area (Å²) in [5.41, 5.74) is 1.76. The van der Waals surface area contributed by atoms with Crippen molar-refractivity contribution in [2.45, 2.75) is 0 Å². The normalized spacial score (nSPS) is 13.3. The average Bonchev–Trinajstić information content (AvgIpc) is 2.99. The van der Waals surface area contributed by atoms with Crippen LogP contribution in [0.3, 0.4) is 0 Å². The van der Waals surface area contributed by atoms with Crippen molar-refractivity contribution in [3.63, 3.8) is 0 Å². The van der Waals surface area contributed by atoms with Gasteiger partial charge >= 0.3 is 0 Å². The van der Waals surface area contributed by atoms with E-state index < -0.39 is 0 Å². The number of fused-ring (bicyclic) bond motifs is 2. The van der Waals surface area contributed by atoms with E-state index >= 15 is 0 Å². The molecule has 1 N–H and O–H groups in total. The number of hydrogen-bond acceptors (Lipinski definition) is 5. The average molecular weight is 338 g/mol. The van der Waals surface area contributed by atoms with Crippen molar-refractivity contribution in [2.24, 2.45) is 0 Å². The molecule has 1 aliphatic heterocycles. The largest absolute Gasteiger partial charge is 0.486 e. The quantitative estimate of drug-likeness (QED) is 0.740. The molecule has 0 atom stereocenters. The molecule has 0 unspecified atom stereocenters. The van der Waals surface area contributed by atoms with Crippen molar-refractivity contribution >= 4 is 38.7 Å². The summed E-state index contributed by atoms with van der Waals surface area (Å²) in [7, 11) is 0. The second-order valence-corrected chi connectivity index (χ2v) is 6.25. The Labute approximate surface area is 142 Å². The van der Waals surface area contributed by atoms with Crippen LogP contribution in [0.5, 0.6) is 11.5 Å². The smallest absolute Gasteiger partial charge is 0.250 e. The van der Waals surface area contributed by atoms with Crippen LogP contribution >= 0.6 is 11.3 Å². The third-order valence-corrected chi connectivity index (χ3v) is 4.44. The van der Waals surface area contributed by atoms with Crippen molar-refractivity contribution in [3.05, 3.63) is 54.1 Å². The topological polar surface area (TPSA) is 60.5 Å². The molecule has 6 heteroatoms. The lowest BCUT2D eigenvalue weighted by atomic mass is 10.2. The van der Waals surface area contributed by atoms with Crippen molar-refractivity contribution in [3.8, 4) is 11.5 Å². The highest BCUT2D eigenvalue weighted by Crippen LogP contribution is 2.37. The molecule has 0 radical (unpaired) electrons. The summed E-state index contributed by atoms with van der Waals surface area (Å²) in [6.45, 7) is 1.09. The first-order valence-electron chi connectivity index (χ1n) is 7.52. The second-order valence-electron chi connectivity index (χ2n) is 5.22. The molecule has 0 saturated heterocycles. The van der Waals surface area contributed by atoms with Crippen molar-refractivity contribution in [1.29, 1.82) is 0 Å². The summed E-state index contributed by atoms with van der Waals surface area (Å²) < 4.78 is 12.1. The molecule has 1 aliphatic rings. The minimum absolute atomic E-state index is 0.213. The van der Waals surface area contributed by atoms with E-state index in [0.717, 1.165) is 21.5 Å². The predicted molar refractivity (Wildman–Crippen MR) is 94.7 cm³/mol. The maximum atomic E-state index is 12.0. The Morgan fingerprint density at radius 1 is 1.12 bits per heavy atom. The van der Waals surface area contributed by atoms with Gasteiger partial charge in [0.1, 0.15) is 13.2 Å². The molecular formula is C18H14N2O3S. The van der Waals surface area contributed by atoms with Crippen LogP contribution in [0.4, 0.5) is 5.13 Å². The van der Waals surface area contributed by atoms with E-state index in [-0.39, 0.29) is 5.91 Å². The second kappa shape index (κ2) is 6.33. The molecule has 1 amide bonds. The number of nitrogens with zero attached hydrogens (tertiary/aromatic N) is 1. The van der Waals surface area contributed by atoms with Crippen LogP contribution in [0.1, 0.15) is 5.56 Å². The van der Waals surface area contributed by atoms with Crippen LogP contribution in [-0.4, -0.2) is 24.1 Å². The van der Waals surface area contributed by atoms with Gasteiger partial charge in [-0.25, -0.2) is 4.98 Å². The lowest BCUT2D eigenvalue weighted by Crippen LogP contribution is -2.15. The molecule has 0 spiro atoms. The Bertz CT molecular complexity index is 876. The monoisotopic (exact) mass is 338 g/mol. The number of aromatic nitrogens is 1. The summed E-state index contributed by atoms with van der Waals surface area (Å²) in [6.07, 6.45) is 3.27. The number of nitrogens with one attached hydrogen (secondary N) is 1. The van der Waals surface area contributed by atoms with Gasteiger partial charge < -0.3 is 9.47 Å². The highest BCUT2D eigenvalue weighted by Gasteiger charge is 2.15. The number of hydrogen-bond donors (Lipinski definition) is 1. The summed E-state index contributed by atoms with van der Waals surface area (Å²) in [6, 6.07) is 13.4. The van der Waals surface area contributed by atoms with E-state index in [9.17, 15) is 4.79 Å². The molecule has 1 aromatic heterocycles. The number of thiazole rings is 1. The number of benzene rings is 2. The molecule has 5 nitrogen and oxygen atoms in total. The van der Waals surface area contributed by atoms with Gasteiger partial charge in [-0.1, -0.05) is 41.7 Å². The van der Waals surface area contributed by atoms with Crippen LogP contribution in [0.25, 0.3) is 16.3 Å². The van der Waals surface area contributed by atoms with Crippen LogP contribution in [-0.2, 0) is 4.79 Å². The van der Waals surface area contributed by atoms with Gasteiger partial charge in [-0.3, -0.25) is 10.1 Å². The molecule has 24 heavy (non-hydrogen) atoms. The third kappa shape index (κ3) is 3.09. The fourth-order valence-corrected chi connectivity index (χ4v) is 3.28. The first-order chi connectivity index (χ1) is 11.8. The zero-order valence-electron chi connectivity index (χ0n) is 12.7. The highest BCUT2D eigenvalue weighted by atomic mass is 32.1. The van der Waals surface area contributed by atoms with Crippen molar-refractivity contribution < 1.29 is 14.3 Å². The van der Waals surface area contributed by atoms with Crippen LogP contribution in [0, 0.1) is 0 Å². The van der Waals surface area contributed by atoms with Gasteiger partial charge in [-0.2, -0.15) is 0 Å². The number of carbonyl (C=O) groups excluding carboxylic acids is 1. The Hall–Kier alpha value is -2.86. The van der Waals surface area contributed by atoms with Gasteiger partial charge in [-0.15, -0.1) is 0 Å². The van der Waals surface area contributed by atoms with Gasteiger partial charge in [0, 0.05) is 18.2 Å². The van der Waals surface area contributed by atoms with Crippen LogP contribution in [0.15, 0.2) is 48.5 Å². The minimum Gasteiger partial charge on any atom is -0.486 e. The molecule has 2 heterocycles. The molecule has 3 aromatic rings. The Balaban J connectivity index is 1.52. The molecule has 0 saturated carbocycles. The van der Waals surface area contributed by atoms with E-state index in [4.69, 9.17) is 9.47 Å². The van der Waals surface area contributed by atoms with Gasteiger partial charge in [0.05, 0.1) is 10.2 Å². The third-order valence-electron chi connectivity index (χ3n) is 3.51. The van der Waals surface area contributed by atoms with E-state index in [0.29, 0.717) is 24.1 Å². The zero-order chi connectivity index (χ0) is 16.4. The summed E-state index contributed by atoms with van der Waals surface area (Å²) in [4.78, 5) is 16.5. The first-order valence-corrected chi connectivity index (χ1v) is 8.34. The lowest BCUT2D eigenvalue weighted by molar-refractivity contribution is -0.111. The first kappa shape index (κ1) is 14.7. The maximum Gasteiger partial charge on any atom is 0.250 e. The SMILES string of the molecule is O=C(C=Cc1ccccc1)Nc1nc2cc3c(cc2s1)OCCO3. The predicted octanol–water partition coefficient (Wildman–Crippen LogP) is 3.72. The number of anilines is 1. The van der Waals surface area contributed by atoms with Crippen LogP contribution in [0.2, 0.25) is 0 Å². The molecule has 0 fully saturated rings. The maximum absolute atomic E-state index is 12.0. The van der Waals surface area contributed by atoms with Crippen molar-refractivity contribution in [1.82, 2.24) is 4.98 Å². The molecule has 0 bridgehead atoms. The Kier molecular flexibility index (Phi) is 3.88. The number of rotatable bonds is 3. The molecular weight excluding hydrogens is 324 g/mol. The van der Waals surface area contributed by atoms with Crippen LogP contribution < -0.4 is 14.8 Å². The van der Waals surface area contributed by atoms with E-state index in [1.807, 2.05) is 42.5 Å². The summed E-state index contributed by atoms with van der Waals surface area (Å²) in [5, 5.41) is 3.34. The number of ether oxygens (including phenoxy) is 2. The standard InChI is InChI=1S/C18H14N2O3S/c21-17(7-6-12-4-2-1-3-5-12)20-18-19-13-10-14-15(11-16(13)24-18)23-9-8-22-14/h1-7,10-11H,8-9H2,(H,19,20,21). The zero-order valence-corrected chi connectivity index (χ0v) is 13.5.